The minimum absolute atomic E-state index is 0.0925. The van der Waals surface area contributed by atoms with Crippen LogP contribution >= 0.6 is 11.6 Å². The first kappa shape index (κ1) is 19.2. The summed E-state index contributed by atoms with van der Waals surface area (Å²) in [5.74, 6) is 0.473. The molecule has 3 aromatic rings. The summed E-state index contributed by atoms with van der Waals surface area (Å²) >= 11 is 6.53. The van der Waals surface area contributed by atoms with Gasteiger partial charge in [0.2, 0.25) is 5.91 Å². The molecule has 1 amide bonds. The second-order valence-corrected chi connectivity index (χ2v) is 7.56. The summed E-state index contributed by atoms with van der Waals surface area (Å²) in [4.78, 5) is 16.1. The van der Waals surface area contributed by atoms with E-state index in [2.05, 4.69) is 54.1 Å². The number of aryl methyl sites for hydroxylation is 1. The largest absolute Gasteiger partial charge is 0.488 e. The Morgan fingerprint density at radius 1 is 1.28 bits per heavy atom. The van der Waals surface area contributed by atoms with Crippen LogP contribution in [0.25, 0.3) is 11.1 Å². The molecule has 0 saturated heterocycles. The van der Waals surface area contributed by atoms with E-state index in [4.69, 9.17) is 16.3 Å². The predicted molar refractivity (Wildman–Crippen MR) is 117 cm³/mol. The fourth-order valence-corrected chi connectivity index (χ4v) is 3.81. The first-order valence-corrected chi connectivity index (χ1v) is 9.84. The fraction of sp³-hybridized carbons (Fsp3) is 0.167. The second kappa shape index (κ2) is 8.10. The van der Waals surface area contributed by atoms with Crippen LogP contribution in [-0.2, 0) is 17.6 Å². The van der Waals surface area contributed by atoms with Crippen LogP contribution in [0, 0.1) is 6.92 Å². The van der Waals surface area contributed by atoms with Gasteiger partial charge in [0.05, 0.1) is 16.4 Å². The van der Waals surface area contributed by atoms with Crippen molar-refractivity contribution < 1.29 is 9.53 Å². The zero-order chi connectivity index (χ0) is 20.4. The van der Waals surface area contributed by atoms with E-state index >= 15 is 0 Å². The molecule has 0 aliphatic carbocycles. The number of amides is 1. The summed E-state index contributed by atoms with van der Waals surface area (Å²) in [5, 5.41) is 3.41. The van der Waals surface area contributed by atoms with Crippen LogP contribution < -0.4 is 10.1 Å². The molecule has 0 fully saturated rings. The number of anilines is 1. The molecular weight excluding hydrogens is 384 g/mol. The lowest BCUT2D eigenvalue weighted by molar-refractivity contribution is -0.111. The minimum Gasteiger partial charge on any atom is -0.488 e. The average molecular weight is 405 g/mol. The van der Waals surface area contributed by atoms with Crippen LogP contribution in [0.1, 0.15) is 16.8 Å². The van der Waals surface area contributed by atoms with E-state index in [1.54, 1.807) is 12.3 Å². The summed E-state index contributed by atoms with van der Waals surface area (Å²) in [5.41, 5.74) is 5.96. The molecule has 4 nitrogen and oxygen atoms in total. The Morgan fingerprint density at radius 2 is 2.07 bits per heavy atom. The Balaban J connectivity index is 1.55. The number of carbonyl (C=O) groups is 1. The number of hydrogen-bond donors (Lipinski definition) is 1. The zero-order valence-corrected chi connectivity index (χ0v) is 16.9. The number of nitrogens with zero attached hydrogens (tertiary/aromatic N) is 1. The van der Waals surface area contributed by atoms with Gasteiger partial charge in [-0.15, -0.1) is 0 Å². The third-order valence-corrected chi connectivity index (χ3v) is 5.27. The number of benzene rings is 2. The summed E-state index contributed by atoms with van der Waals surface area (Å²) in [7, 11) is 0. The molecule has 0 radical (unpaired) electrons. The summed E-state index contributed by atoms with van der Waals surface area (Å²) in [6, 6.07) is 16.1. The third kappa shape index (κ3) is 4.17. The number of fused-ring (bicyclic) bond motifs is 1. The van der Waals surface area contributed by atoms with Gasteiger partial charge < -0.3 is 10.1 Å². The standard InChI is InChI=1S/C24H21ClN2O2/c1-3-23(28)27-21-5-4-10-26-22(21)14-19-12-18-11-17(13-20(25)24(18)29-19)16-8-6-15(2)7-9-16/h3-11,13,19H,1,12,14H2,2H3,(H,27,28). The number of aromatic nitrogens is 1. The molecule has 29 heavy (non-hydrogen) atoms. The van der Waals surface area contributed by atoms with Gasteiger partial charge in [-0.25, -0.2) is 0 Å². The van der Waals surface area contributed by atoms with Gasteiger partial charge in [0.25, 0.3) is 0 Å². The van der Waals surface area contributed by atoms with Crippen LogP contribution in [0.4, 0.5) is 5.69 Å². The molecule has 4 rings (SSSR count). The highest BCUT2D eigenvalue weighted by Gasteiger charge is 2.27. The third-order valence-electron chi connectivity index (χ3n) is 4.99. The van der Waals surface area contributed by atoms with E-state index in [0.29, 0.717) is 17.1 Å². The Morgan fingerprint density at radius 3 is 2.83 bits per heavy atom. The monoisotopic (exact) mass is 404 g/mol. The number of nitrogens with one attached hydrogen (secondary N) is 1. The van der Waals surface area contributed by atoms with Gasteiger partial charge in [-0.3, -0.25) is 9.78 Å². The molecular formula is C24H21ClN2O2. The number of pyridine rings is 1. The first-order chi connectivity index (χ1) is 14.0. The average Bonchev–Trinajstić information content (AvgIpc) is 3.13. The maximum Gasteiger partial charge on any atom is 0.247 e. The Labute approximate surface area is 175 Å². The van der Waals surface area contributed by atoms with Crippen molar-refractivity contribution >= 4 is 23.2 Å². The summed E-state index contributed by atoms with van der Waals surface area (Å²) in [6.07, 6.45) is 4.16. The van der Waals surface area contributed by atoms with Gasteiger partial charge >= 0.3 is 0 Å². The van der Waals surface area contributed by atoms with E-state index < -0.39 is 0 Å². The SMILES string of the molecule is C=CC(=O)Nc1cccnc1CC1Cc2cc(-c3ccc(C)cc3)cc(Cl)c2O1. The van der Waals surface area contributed by atoms with Gasteiger partial charge in [0.1, 0.15) is 11.9 Å². The molecule has 0 spiro atoms. The molecule has 1 aliphatic rings. The molecule has 1 N–H and O–H groups in total. The Bertz CT molecular complexity index is 1080. The number of rotatable bonds is 5. The van der Waals surface area contributed by atoms with E-state index in [1.165, 1.54) is 11.6 Å². The molecule has 0 bridgehead atoms. The molecule has 146 valence electrons. The van der Waals surface area contributed by atoms with Crippen molar-refractivity contribution in [3.8, 4) is 16.9 Å². The normalized spacial score (nSPS) is 14.8. The maximum absolute atomic E-state index is 11.7. The van der Waals surface area contributed by atoms with Gasteiger partial charge in [0, 0.05) is 19.0 Å². The first-order valence-electron chi connectivity index (χ1n) is 9.47. The number of ether oxygens (including phenoxy) is 1. The second-order valence-electron chi connectivity index (χ2n) is 7.15. The molecule has 1 atom stereocenters. The van der Waals surface area contributed by atoms with Crippen molar-refractivity contribution in [2.45, 2.75) is 25.9 Å². The maximum atomic E-state index is 11.7. The zero-order valence-electron chi connectivity index (χ0n) is 16.1. The van der Waals surface area contributed by atoms with Gasteiger partial charge in [-0.1, -0.05) is 48.0 Å². The van der Waals surface area contributed by atoms with Crippen LogP contribution in [0.3, 0.4) is 0 Å². The van der Waals surface area contributed by atoms with Crippen molar-refractivity contribution in [3.05, 3.63) is 89.2 Å². The topological polar surface area (TPSA) is 51.2 Å². The summed E-state index contributed by atoms with van der Waals surface area (Å²) in [6.45, 7) is 5.56. The number of carbonyl (C=O) groups excluding carboxylic acids is 1. The molecule has 1 unspecified atom stereocenters. The van der Waals surface area contributed by atoms with Gasteiger partial charge in [-0.05, 0) is 54.0 Å². The molecule has 1 aromatic heterocycles. The lowest BCUT2D eigenvalue weighted by Crippen LogP contribution is -2.19. The van der Waals surface area contributed by atoms with Crippen LogP contribution in [0.2, 0.25) is 5.02 Å². The van der Waals surface area contributed by atoms with Crippen LogP contribution in [0.15, 0.2) is 67.4 Å². The van der Waals surface area contributed by atoms with E-state index in [9.17, 15) is 4.79 Å². The van der Waals surface area contributed by atoms with E-state index in [1.807, 2.05) is 12.1 Å². The lowest BCUT2D eigenvalue weighted by atomic mass is 9.99. The van der Waals surface area contributed by atoms with Crippen molar-refractivity contribution in [1.29, 1.82) is 0 Å². The van der Waals surface area contributed by atoms with Crippen molar-refractivity contribution in [2.75, 3.05) is 5.32 Å². The van der Waals surface area contributed by atoms with E-state index in [0.717, 1.165) is 34.6 Å². The van der Waals surface area contributed by atoms with Crippen LogP contribution in [-0.4, -0.2) is 17.0 Å². The molecule has 0 saturated carbocycles. The number of halogens is 1. The predicted octanol–water partition coefficient (Wildman–Crippen LogP) is 5.38. The molecule has 1 aliphatic heterocycles. The van der Waals surface area contributed by atoms with Crippen LogP contribution in [0.5, 0.6) is 5.75 Å². The van der Waals surface area contributed by atoms with Gasteiger partial charge in [0.15, 0.2) is 0 Å². The molecule has 5 heteroatoms. The highest BCUT2D eigenvalue weighted by atomic mass is 35.5. The minimum atomic E-state index is -0.263. The smallest absolute Gasteiger partial charge is 0.247 e. The molecule has 2 aromatic carbocycles. The quantitative estimate of drug-likeness (QED) is 0.581. The highest BCUT2D eigenvalue weighted by Crippen LogP contribution is 2.40. The Kier molecular flexibility index (Phi) is 5.36. The molecule has 2 heterocycles. The summed E-state index contributed by atoms with van der Waals surface area (Å²) < 4.78 is 6.13. The highest BCUT2D eigenvalue weighted by molar-refractivity contribution is 6.32. The van der Waals surface area contributed by atoms with Crippen molar-refractivity contribution in [3.63, 3.8) is 0 Å². The van der Waals surface area contributed by atoms with Crippen molar-refractivity contribution in [2.24, 2.45) is 0 Å². The number of hydrogen-bond acceptors (Lipinski definition) is 3. The van der Waals surface area contributed by atoms with Gasteiger partial charge in [-0.2, -0.15) is 0 Å². The Hall–Kier alpha value is -3.11. The fourth-order valence-electron chi connectivity index (χ4n) is 3.53. The van der Waals surface area contributed by atoms with Crippen molar-refractivity contribution in [1.82, 2.24) is 4.98 Å². The van der Waals surface area contributed by atoms with E-state index in [-0.39, 0.29) is 12.0 Å². The lowest BCUT2D eigenvalue weighted by Gasteiger charge is -2.14.